The molecule has 0 unspecified atom stereocenters. The maximum atomic E-state index is 13.9. The van der Waals surface area contributed by atoms with Crippen molar-refractivity contribution >= 4 is 11.6 Å². The average molecular weight is 342 g/mol. The first kappa shape index (κ1) is 17.4. The lowest BCUT2D eigenvalue weighted by molar-refractivity contribution is -0.892. The number of hydrogen-bond acceptors (Lipinski definition) is 2. The number of amides is 1. The number of carbonyl (C=O) groups is 1. The maximum Gasteiger partial charge on any atom is 0.275 e. The van der Waals surface area contributed by atoms with Crippen LogP contribution >= 0.6 is 0 Å². The Morgan fingerprint density at radius 1 is 1.12 bits per heavy atom. The van der Waals surface area contributed by atoms with E-state index in [9.17, 15) is 9.18 Å². The zero-order valence-electron chi connectivity index (χ0n) is 14.5. The summed E-state index contributed by atoms with van der Waals surface area (Å²) >= 11 is 0. The highest BCUT2D eigenvalue weighted by molar-refractivity contribution is 5.77. The van der Waals surface area contributed by atoms with Crippen molar-refractivity contribution in [3.05, 3.63) is 66.0 Å². The Balaban J connectivity index is 1.47. The molecule has 1 aliphatic rings. The lowest BCUT2D eigenvalue weighted by Crippen LogP contribution is -3.16. The number of hydrogen-bond donors (Lipinski definition) is 2. The van der Waals surface area contributed by atoms with Crippen molar-refractivity contribution in [2.75, 3.05) is 37.6 Å². The van der Waals surface area contributed by atoms with Crippen molar-refractivity contribution in [1.29, 1.82) is 0 Å². The van der Waals surface area contributed by atoms with Crippen LogP contribution in [0.25, 0.3) is 0 Å². The van der Waals surface area contributed by atoms with Crippen molar-refractivity contribution in [2.24, 2.45) is 0 Å². The molecule has 2 aromatic rings. The van der Waals surface area contributed by atoms with Crippen LogP contribution in [0.15, 0.2) is 54.6 Å². The fourth-order valence-electron chi connectivity index (χ4n) is 3.29. The molecule has 2 N–H and O–H groups in total. The number of rotatable bonds is 5. The van der Waals surface area contributed by atoms with Crippen molar-refractivity contribution in [3.8, 4) is 0 Å². The van der Waals surface area contributed by atoms with Gasteiger partial charge in [0.05, 0.1) is 37.9 Å². The van der Waals surface area contributed by atoms with Crippen LogP contribution in [0, 0.1) is 5.82 Å². The Labute approximate surface area is 148 Å². The highest BCUT2D eigenvalue weighted by Gasteiger charge is 2.24. The summed E-state index contributed by atoms with van der Waals surface area (Å²) < 4.78 is 13.9. The Kier molecular flexibility index (Phi) is 5.66. The van der Waals surface area contributed by atoms with E-state index < -0.39 is 0 Å². The Hall–Kier alpha value is -2.40. The first-order chi connectivity index (χ1) is 12.1. The molecule has 4 nitrogen and oxygen atoms in total. The van der Waals surface area contributed by atoms with Gasteiger partial charge in [-0.25, -0.2) is 4.39 Å². The van der Waals surface area contributed by atoms with Crippen LogP contribution in [-0.4, -0.2) is 38.6 Å². The molecular weight excluding hydrogens is 317 g/mol. The van der Waals surface area contributed by atoms with E-state index in [1.165, 1.54) is 11.0 Å². The van der Waals surface area contributed by atoms with Gasteiger partial charge in [0, 0.05) is 0 Å². The van der Waals surface area contributed by atoms with E-state index in [0.29, 0.717) is 12.2 Å². The second-order valence-electron chi connectivity index (χ2n) is 6.57. The molecule has 1 amide bonds. The Morgan fingerprint density at radius 3 is 2.44 bits per heavy atom. The van der Waals surface area contributed by atoms with Gasteiger partial charge in [0.25, 0.3) is 5.91 Å². The molecule has 1 atom stereocenters. The number of anilines is 1. The molecule has 1 aliphatic heterocycles. The molecule has 2 aromatic carbocycles. The van der Waals surface area contributed by atoms with Gasteiger partial charge in [-0.15, -0.1) is 0 Å². The summed E-state index contributed by atoms with van der Waals surface area (Å²) in [6.07, 6.45) is 0. The van der Waals surface area contributed by atoms with Crippen LogP contribution in [0.3, 0.4) is 0 Å². The number of para-hydroxylation sites is 1. The average Bonchev–Trinajstić information content (AvgIpc) is 2.63. The standard InChI is InChI=1S/C20H24FN3O/c1-16(17-7-3-2-4-8-17)22-20(25)15-23-11-13-24(14-12-23)19-10-6-5-9-18(19)21/h2-10,16H,11-15H2,1H3,(H,22,25)/p+1/t16-/m0/s1. The Morgan fingerprint density at radius 2 is 1.76 bits per heavy atom. The van der Waals surface area contributed by atoms with Crippen LogP contribution in [0.2, 0.25) is 0 Å². The topological polar surface area (TPSA) is 36.8 Å². The van der Waals surface area contributed by atoms with Crippen LogP contribution in [0.1, 0.15) is 18.5 Å². The first-order valence-corrected chi connectivity index (χ1v) is 8.81. The summed E-state index contributed by atoms with van der Waals surface area (Å²) in [5.41, 5.74) is 1.76. The first-order valence-electron chi connectivity index (χ1n) is 8.81. The molecular formula is C20H25FN3O+. The zero-order chi connectivity index (χ0) is 17.6. The van der Waals surface area contributed by atoms with E-state index in [2.05, 4.69) is 10.2 Å². The molecule has 0 aromatic heterocycles. The highest BCUT2D eigenvalue weighted by Crippen LogP contribution is 2.18. The number of piperazine rings is 1. The van der Waals surface area contributed by atoms with E-state index in [-0.39, 0.29) is 17.8 Å². The second kappa shape index (κ2) is 8.12. The molecule has 1 saturated heterocycles. The minimum Gasteiger partial charge on any atom is -0.358 e. The smallest absolute Gasteiger partial charge is 0.275 e. The summed E-state index contributed by atoms with van der Waals surface area (Å²) in [6, 6.07) is 16.8. The fraction of sp³-hybridized carbons (Fsp3) is 0.350. The predicted molar refractivity (Wildman–Crippen MR) is 97.2 cm³/mol. The SMILES string of the molecule is C[C@H](NC(=O)C[NH+]1CCN(c2ccccc2F)CC1)c1ccccc1. The maximum absolute atomic E-state index is 13.9. The van der Waals surface area contributed by atoms with E-state index in [1.807, 2.05) is 49.4 Å². The molecule has 1 heterocycles. The normalized spacial score (nSPS) is 16.5. The summed E-state index contributed by atoms with van der Waals surface area (Å²) in [5.74, 6) is -0.119. The predicted octanol–water partition coefficient (Wildman–Crippen LogP) is 1.41. The minimum absolute atomic E-state index is 0.00723. The van der Waals surface area contributed by atoms with E-state index in [0.717, 1.165) is 31.7 Å². The number of nitrogens with zero attached hydrogens (tertiary/aromatic N) is 1. The number of halogens is 1. The quantitative estimate of drug-likeness (QED) is 0.862. The molecule has 132 valence electrons. The second-order valence-corrected chi connectivity index (χ2v) is 6.57. The minimum atomic E-state index is -0.180. The van der Waals surface area contributed by atoms with Crippen molar-refractivity contribution in [3.63, 3.8) is 0 Å². The van der Waals surface area contributed by atoms with Gasteiger partial charge in [-0.2, -0.15) is 0 Å². The van der Waals surface area contributed by atoms with Gasteiger partial charge < -0.3 is 15.1 Å². The van der Waals surface area contributed by atoms with Gasteiger partial charge in [-0.05, 0) is 24.6 Å². The van der Waals surface area contributed by atoms with Crippen molar-refractivity contribution < 1.29 is 14.1 Å². The van der Waals surface area contributed by atoms with E-state index in [4.69, 9.17) is 0 Å². The third-order valence-electron chi connectivity index (χ3n) is 4.75. The molecule has 3 rings (SSSR count). The molecule has 25 heavy (non-hydrogen) atoms. The Bertz CT molecular complexity index is 699. The third kappa shape index (κ3) is 4.57. The van der Waals surface area contributed by atoms with Gasteiger partial charge >= 0.3 is 0 Å². The van der Waals surface area contributed by atoms with Gasteiger partial charge in [0.2, 0.25) is 0 Å². The van der Waals surface area contributed by atoms with Crippen LogP contribution in [0.4, 0.5) is 10.1 Å². The summed E-state index contributed by atoms with van der Waals surface area (Å²) in [5, 5.41) is 3.06. The van der Waals surface area contributed by atoms with Crippen LogP contribution in [0.5, 0.6) is 0 Å². The monoisotopic (exact) mass is 342 g/mol. The number of quaternary nitrogens is 1. The molecule has 1 fully saturated rings. The molecule has 0 spiro atoms. The molecule has 0 saturated carbocycles. The van der Waals surface area contributed by atoms with Crippen LogP contribution in [-0.2, 0) is 4.79 Å². The van der Waals surface area contributed by atoms with Gasteiger partial charge in [0.1, 0.15) is 5.82 Å². The van der Waals surface area contributed by atoms with Gasteiger partial charge in [-0.1, -0.05) is 42.5 Å². The number of benzene rings is 2. The molecule has 5 heteroatoms. The zero-order valence-corrected chi connectivity index (χ0v) is 14.5. The number of carbonyl (C=O) groups excluding carboxylic acids is 1. The molecule has 0 aliphatic carbocycles. The van der Waals surface area contributed by atoms with E-state index >= 15 is 0 Å². The number of nitrogens with one attached hydrogen (secondary N) is 2. The fourth-order valence-corrected chi connectivity index (χ4v) is 3.29. The summed E-state index contributed by atoms with van der Waals surface area (Å²) in [6.45, 7) is 5.65. The lowest BCUT2D eigenvalue weighted by atomic mass is 10.1. The summed E-state index contributed by atoms with van der Waals surface area (Å²) in [7, 11) is 0. The molecule has 0 radical (unpaired) electrons. The largest absolute Gasteiger partial charge is 0.358 e. The summed E-state index contributed by atoms with van der Waals surface area (Å²) in [4.78, 5) is 15.6. The highest BCUT2D eigenvalue weighted by atomic mass is 19.1. The lowest BCUT2D eigenvalue weighted by Gasteiger charge is -2.33. The van der Waals surface area contributed by atoms with E-state index in [1.54, 1.807) is 6.07 Å². The van der Waals surface area contributed by atoms with Crippen molar-refractivity contribution in [1.82, 2.24) is 5.32 Å². The molecule has 0 bridgehead atoms. The van der Waals surface area contributed by atoms with Gasteiger partial charge in [-0.3, -0.25) is 4.79 Å². The van der Waals surface area contributed by atoms with Gasteiger partial charge in [0.15, 0.2) is 6.54 Å². The third-order valence-corrected chi connectivity index (χ3v) is 4.75. The van der Waals surface area contributed by atoms with Crippen LogP contribution < -0.4 is 15.1 Å². The van der Waals surface area contributed by atoms with Crippen molar-refractivity contribution in [2.45, 2.75) is 13.0 Å².